The molecule has 0 bridgehead atoms. The van der Waals surface area contributed by atoms with Crippen LogP contribution >= 0.6 is 11.6 Å². The Balaban J connectivity index is 2.02. The summed E-state index contributed by atoms with van der Waals surface area (Å²) in [5.74, 6) is -0.0543. The van der Waals surface area contributed by atoms with E-state index in [-0.39, 0.29) is 17.8 Å². The Morgan fingerprint density at radius 1 is 1.60 bits per heavy atom. The lowest BCUT2D eigenvalue weighted by Crippen LogP contribution is -2.38. The van der Waals surface area contributed by atoms with E-state index in [2.05, 4.69) is 14.9 Å². The van der Waals surface area contributed by atoms with E-state index in [1.807, 2.05) is 6.20 Å². The Labute approximate surface area is 93.6 Å². The van der Waals surface area contributed by atoms with Gasteiger partial charge in [-0.1, -0.05) is 0 Å². The minimum atomic E-state index is -0.0892. The van der Waals surface area contributed by atoms with Crippen molar-refractivity contribution in [2.75, 3.05) is 5.88 Å². The predicted octanol–water partition coefficient (Wildman–Crippen LogP) is 1.33. The summed E-state index contributed by atoms with van der Waals surface area (Å²) < 4.78 is 2.06. The maximum absolute atomic E-state index is 11.2. The fourth-order valence-electron chi connectivity index (χ4n) is 2.18. The van der Waals surface area contributed by atoms with Crippen LogP contribution in [0, 0.1) is 0 Å². The van der Waals surface area contributed by atoms with Gasteiger partial charge in [0.15, 0.2) is 0 Å². The zero-order valence-electron chi connectivity index (χ0n) is 8.40. The summed E-state index contributed by atoms with van der Waals surface area (Å²) in [6, 6.07) is 0.533. The number of hydrogen-bond acceptors (Lipinski definition) is 2. The molecule has 2 atom stereocenters. The average molecular weight is 228 g/mol. The standard InChI is InChI=1S/C10H14ClN3O/c11-6-10(15)13-8-2-1-3-9(8)14-5-4-12-7-14/h4-5,7-9H,1-3,6H2,(H,13,15). The molecule has 1 aromatic heterocycles. The quantitative estimate of drug-likeness (QED) is 0.792. The fourth-order valence-corrected chi connectivity index (χ4v) is 2.25. The van der Waals surface area contributed by atoms with Gasteiger partial charge in [0.25, 0.3) is 0 Å². The summed E-state index contributed by atoms with van der Waals surface area (Å²) in [7, 11) is 0. The fraction of sp³-hybridized carbons (Fsp3) is 0.600. The summed E-state index contributed by atoms with van der Waals surface area (Å²) in [5.41, 5.74) is 0. The molecule has 0 saturated heterocycles. The summed E-state index contributed by atoms with van der Waals surface area (Å²) in [4.78, 5) is 15.2. The maximum Gasteiger partial charge on any atom is 0.235 e. The van der Waals surface area contributed by atoms with Crippen LogP contribution in [0.4, 0.5) is 0 Å². The SMILES string of the molecule is O=C(CCl)NC1CCCC1n1ccnc1. The Bertz CT molecular complexity index is 325. The number of nitrogens with one attached hydrogen (secondary N) is 1. The largest absolute Gasteiger partial charge is 0.350 e. The monoisotopic (exact) mass is 227 g/mol. The molecular formula is C10H14ClN3O. The first-order valence-electron chi connectivity index (χ1n) is 5.14. The second-order valence-electron chi connectivity index (χ2n) is 3.82. The zero-order chi connectivity index (χ0) is 10.7. The average Bonchev–Trinajstić information content (AvgIpc) is 2.86. The molecule has 1 amide bonds. The van der Waals surface area contributed by atoms with Gasteiger partial charge in [-0.05, 0) is 19.3 Å². The van der Waals surface area contributed by atoms with Gasteiger partial charge in [0.1, 0.15) is 5.88 Å². The number of aromatic nitrogens is 2. The first-order chi connectivity index (χ1) is 7.31. The highest BCUT2D eigenvalue weighted by molar-refractivity contribution is 6.27. The molecule has 0 aromatic carbocycles. The third-order valence-corrected chi connectivity index (χ3v) is 3.10. The second kappa shape index (κ2) is 4.66. The number of imidazole rings is 1. The molecule has 1 heterocycles. The maximum atomic E-state index is 11.2. The summed E-state index contributed by atoms with van der Waals surface area (Å²) >= 11 is 5.47. The number of amides is 1. The van der Waals surface area contributed by atoms with Crippen molar-refractivity contribution < 1.29 is 4.79 Å². The molecule has 1 saturated carbocycles. The van der Waals surface area contributed by atoms with Crippen molar-refractivity contribution in [1.82, 2.24) is 14.9 Å². The van der Waals surface area contributed by atoms with Crippen molar-refractivity contribution in [3.8, 4) is 0 Å². The van der Waals surface area contributed by atoms with E-state index in [0.717, 1.165) is 19.3 Å². The number of rotatable bonds is 3. The van der Waals surface area contributed by atoms with Crippen molar-refractivity contribution in [3.63, 3.8) is 0 Å². The molecule has 1 aliphatic carbocycles. The van der Waals surface area contributed by atoms with E-state index < -0.39 is 0 Å². The molecule has 4 nitrogen and oxygen atoms in total. The summed E-state index contributed by atoms with van der Waals surface area (Å²) in [6.45, 7) is 0. The van der Waals surface area contributed by atoms with Gasteiger partial charge in [0, 0.05) is 18.4 Å². The molecule has 82 valence electrons. The van der Waals surface area contributed by atoms with Gasteiger partial charge in [-0.2, -0.15) is 0 Å². The van der Waals surface area contributed by atoms with Crippen LogP contribution in [0.5, 0.6) is 0 Å². The minimum Gasteiger partial charge on any atom is -0.350 e. The summed E-state index contributed by atoms with van der Waals surface area (Å²) in [5, 5.41) is 2.95. The highest BCUT2D eigenvalue weighted by Gasteiger charge is 2.29. The normalized spacial score (nSPS) is 25.4. The third-order valence-electron chi connectivity index (χ3n) is 2.86. The first kappa shape index (κ1) is 10.5. The molecule has 2 rings (SSSR count). The molecule has 5 heteroatoms. The number of hydrogen-bond donors (Lipinski definition) is 1. The number of halogens is 1. The third kappa shape index (κ3) is 2.31. The van der Waals surface area contributed by atoms with Crippen molar-refractivity contribution in [2.45, 2.75) is 31.3 Å². The minimum absolute atomic E-state index is 0.0349. The Kier molecular flexibility index (Phi) is 3.26. The molecule has 1 aliphatic rings. The Hall–Kier alpha value is -1.03. The van der Waals surface area contributed by atoms with Crippen molar-refractivity contribution >= 4 is 17.5 Å². The molecule has 1 aromatic rings. The molecule has 2 unspecified atom stereocenters. The van der Waals surface area contributed by atoms with E-state index >= 15 is 0 Å². The molecule has 0 radical (unpaired) electrons. The van der Waals surface area contributed by atoms with Crippen LogP contribution < -0.4 is 5.32 Å². The summed E-state index contributed by atoms with van der Waals surface area (Å²) in [6.07, 6.45) is 8.75. The first-order valence-corrected chi connectivity index (χ1v) is 5.67. The molecule has 1 N–H and O–H groups in total. The van der Waals surface area contributed by atoms with Crippen LogP contribution in [0.25, 0.3) is 0 Å². The topological polar surface area (TPSA) is 46.9 Å². The molecule has 15 heavy (non-hydrogen) atoms. The van der Waals surface area contributed by atoms with E-state index in [9.17, 15) is 4.79 Å². The zero-order valence-corrected chi connectivity index (χ0v) is 9.15. The van der Waals surface area contributed by atoms with Gasteiger partial charge in [0.05, 0.1) is 12.4 Å². The van der Waals surface area contributed by atoms with Crippen molar-refractivity contribution in [3.05, 3.63) is 18.7 Å². The lowest BCUT2D eigenvalue weighted by Gasteiger charge is -2.21. The van der Waals surface area contributed by atoms with Crippen LogP contribution in [-0.4, -0.2) is 27.4 Å². The number of carbonyl (C=O) groups excluding carboxylic acids is 1. The molecule has 1 fully saturated rings. The van der Waals surface area contributed by atoms with Crippen LogP contribution in [0.2, 0.25) is 0 Å². The van der Waals surface area contributed by atoms with E-state index in [1.54, 1.807) is 12.5 Å². The van der Waals surface area contributed by atoms with Crippen LogP contribution in [0.15, 0.2) is 18.7 Å². The number of carbonyl (C=O) groups is 1. The van der Waals surface area contributed by atoms with Crippen molar-refractivity contribution in [1.29, 1.82) is 0 Å². The van der Waals surface area contributed by atoms with Gasteiger partial charge >= 0.3 is 0 Å². The lowest BCUT2D eigenvalue weighted by atomic mass is 10.1. The highest BCUT2D eigenvalue weighted by Crippen LogP contribution is 2.29. The molecule has 0 spiro atoms. The van der Waals surface area contributed by atoms with Crippen LogP contribution in [0.1, 0.15) is 25.3 Å². The van der Waals surface area contributed by atoms with E-state index in [1.165, 1.54) is 0 Å². The smallest absolute Gasteiger partial charge is 0.235 e. The number of nitrogens with zero attached hydrogens (tertiary/aromatic N) is 2. The van der Waals surface area contributed by atoms with Gasteiger partial charge in [-0.15, -0.1) is 11.6 Å². The van der Waals surface area contributed by atoms with Gasteiger partial charge in [-0.3, -0.25) is 4.79 Å². The van der Waals surface area contributed by atoms with Crippen LogP contribution in [-0.2, 0) is 4.79 Å². The van der Waals surface area contributed by atoms with Gasteiger partial charge in [-0.25, -0.2) is 4.98 Å². The van der Waals surface area contributed by atoms with Gasteiger partial charge in [0.2, 0.25) is 5.91 Å². The van der Waals surface area contributed by atoms with E-state index in [4.69, 9.17) is 11.6 Å². The van der Waals surface area contributed by atoms with Crippen LogP contribution in [0.3, 0.4) is 0 Å². The molecular weight excluding hydrogens is 214 g/mol. The van der Waals surface area contributed by atoms with Crippen molar-refractivity contribution in [2.24, 2.45) is 0 Å². The number of alkyl halides is 1. The lowest BCUT2D eigenvalue weighted by molar-refractivity contribution is -0.119. The highest BCUT2D eigenvalue weighted by atomic mass is 35.5. The van der Waals surface area contributed by atoms with Gasteiger partial charge < -0.3 is 9.88 Å². The Morgan fingerprint density at radius 3 is 3.13 bits per heavy atom. The second-order valence-corrected chi connectivity index (χ2v) is 4.08. The predicted molar refractivity (Wildman–Crippen MR) is 57.8 cm³/mol. The Morgan fingerprint density at radius 2 is 2.47 bits per heavy atom. The van der Waals surface area contributed by atoms with E-state index in [0.29, 0.717) is 6.04 Å². The molecule has 0 aliphatic heterocycles.